The topological polar surface area (TPSA) is 94.1 Å². The lowest BCUT2D eigenvalue weighted by Crippen LogP contribution is -2.40. The van der Waals surface area contributed by atoms with Crippen molar-refractivity contribution in [3.05, 3.63) is 35.9 Å². The van der Waals surface area contributed by atoms with Crippen LogP contribution in [0.1, 0.15) is 12.0 Å². The van der Waals surface area contributed by atoms with E-state index in [4.69, 9.17) is 19.3 Å². The number of hydrogen-bond acceptors (Lipinski definition) is 5. The number of carbonyl (C=O) groups excluding carboxylic acids is 1. The first kappa shape index (κ1) is 17.9. The Kier molecular flexibility index (Phi) is 8.63. The van der Waals surface area contributed by atoms with Gasteiger partial charge in [0.15, 0.2) is 0 Å². The predicted octanol–water partition coefficient (Wildman–Crippen LogP) is 1.42. The Hall–Kier alpha value is -2.12. The summed E-state index contributed by atoms with van der Waals surface area (Å²) in [6.07, 6.45) is -0.918. The summed E-state index contributed by atoms with van der Waals surface area (Å²) in [5.74, 6) is -1.02. The first-order valence-corrected chi connectivity index (χ1v) is 6.87. The highest BCUT2D eigenvalue weighted by Crippen LogP contribution is 2.01. The molecule has 1 amide bonds. The van der Waals surface area contributed by atoms with Gasteiger partial charge in [-0.1, -0.05) is 30.3 Å². The Bertz CT molecular complexity index is 451. The molecule has 0 radical (unpaired) electrons. The number of carboxylic acid groups (broad SMARTS) is 1. The van der Waals surface area contributed by atoms with Crippen molar-refractivity contribution < 1.29 is 28.9 Å². The van der Waals surface area contributed by atoms with E-state index in [0.717, 1.165) is 5.56 Å². The van der Waals surface area contributed by atoms with Gasteiger partial charge in [0.05, 0.1) is 32.3 Å². The number of carbonyl (C=O) groups is 2. The molecular weight excluding hydrogens is 290 g/mol. The Morgan fingerprint density at radius 2 is 1.95 bits per heavy atom. The molecule has 1 unspecified atom stereocenters. The Morgan fingerprint density at radius 1 is 1.23 bits per heavy atom. The molecule has 0 aliphatic heterocycles. The molecule has 0 spiro atoms. The molecule has 122 valence electrons. The maximum Gasteiger partial charge on any atom is 0.407 e. The fraction of sp³-hybridized carbons (Fsp3) is 0.467. The van der Waals surface area contributed by atoms with Gasteiger partial charge in [0.2, 0.25) is 0 Å². The lowest BCUT2D eigenvalue weighted by Gasteiger charge is -2.17. The van der Waals surface area contributed by atoms with E-state index in [1.807, 2.05) is 30.3 Å². The molecule has 7 heteroatoms. The van der Waals surface area contributed by atoms with Crippen LogP contribution in [0.4, 0.5) is 4.79 Å². The van der Waals surface area contributed by atoms with Crippen molar-refractivity contribution in [2.75, 3.05) is 26.9 Å². The molecule has 0 aliphatic carbocycles. The summed E-state index contributed by atoms with van der Waals surface area (Å²) in [7, 11) is 1.54. The Balaban J connectivity index is 2.35. The highest BCUT2D eigenvalue weighted by molar-refractivity contribution is 5.71. The van der Waals surface area contributed by atoms with Gasteiger partial charge >= 0.3 is 12.1 Å². The second kappa shape index (κ2) is 10.6. The van der Waals surface area contributed by atoms with E-state index in [-0.39, 0.29) is 19.6 Å². The van der Waals surface area contributed by atoms with Gasteiger partial charge in [0, 0.05) is 7.11 Å². The quantitative estimate of drug-likeness (QED) is 0.635. The minimum Gasteiger partial charge on any atom is -0.481 e. The summed E-state index contributed by atoms with van der Waals surface area (Å²) in [5, 5.41) is 11.3. The van der Waals surface area contributed by atoms with Crippen molar-refractivity contribution >= 4 is 12.1 Å². The zero-order valence-electron chi connectivity index (χ0n) is 12.5. The highest BCUT2D eigenvalue weighted by Gasteiger charge is 2.17. The molecular formula is C15H21NO6. The lowest BCUT2D eigenvalue weighted by molar-refractivity contribution is -0.137. The number of methoxy groups -OCH3 is 1. The van der Waals surface area contributed by atoms with Crippen molar-refractivity contribution in [3.63, 3.8) is 0 Å². The van der Waals surface area contributed by atoms with Crippen LogP contribution in [0.5, 0.6) is 0 Å². The predicted molar refractivity (Wildman–Crippen MR) is 78.5 cm³/mol. The van der Waals surface area contributed by atoms with E-state index >= 15 is 0 Å². The third-order valence-corrected chi connectivity index (χ3v) is 2.71. The van der Waals surface area contributed by atoms with Gasteiger partial charge in [0.25, 0.3) is 0 Å². The van der Waals surface area contributed by atoms with Gasteiger partial charge in [-0.3, -0.25) is 4.79 Å². The first-order valence-electron chi connectivity index (χ1n) is 6.87. The summed E-state index contributed by atoms with van der Waals surface area (Å²) in [4.78, 5) is 22.5. The van der Waals surface area contributed by atoms with Crippen LogP contribution < -0.4 is 5.32 Å². The zero-order chi connectivity index (χ0) is 16.2. The molecule has 0 bridgehead atoms. The van der Waals surface area contributed by atoms with Crippen LogP contribution in [0.25, 0.3) is 0 Å². The third kappa shape index (κ3) is 8.23. The molecule has 2 N–H and O–H groups in total. The number of rotatable bonds is 10. The van der Waals surface area contributed by atoms with Crippen LogP contribution >= 0.6 is 0 Å². The van der Waals surface area contributed by atoms with Crippen LogP contribution in [0.2, 0.25) is 0 Å². The number of amides is 1. The highest BCUT2D eigenvalue weighted by atomic mass is 16.5. The van der Waals surface area contributed by atoms with Crippen LogP contribution in [0.3, 0.4) is 0 Å². The van der Waals surface area contributed by atoms with E-state index in [1.54, 1.807) is 0 Å². The second-order valence-electron chi connectivity index (χ2n) is 4.57. The van der Waals surface area contributed by atoms with Crippen molar-refractivity contribution in [2.24, 2.45) is 0 Å². The fourth-order valence-corrected chi connectivity index (χ4v) is 1.66. The summed E-state index contributed by atoms with van der Waals surface area (Å²) in [6.45, 7) is 0.929. The summed E-state index contributed by atoms with van der Waals surface area (Å²) < 4.78 is 15.1. The van der Waals surface area contributed by atoms with Gasteiger partial charge < -0.3 is 24.6 Å². The van der Waals surface area contributed by atoms with E-state index < -0.39 is 18.1 Å². The minimum absolute atomic E-state index is 0.0795. The van der Waals surface area contributed by atoms with Crippen molar-refractivity contribution in [1.29, 1.82) is 0 Å². The average Bonchev–Trinajstić information content (AvgIpc) is 2.50. The van der Waals surface area contributed by atoms with Crippen molar-refractivity contribution in [2.45, 2.75) is 19.1 Å². The number of carboxylic acids is 1. The van der Waals surface area contributed by atoms with Gasteiger partial charge in [-0.2, -0.15) is 0 Å². The molecule has 22 heavy (non-hydrogen) atoms. The normalized spacial score (nSPS) is 11.7. The SMILES string of the molecule is COCCOCC(CC(=O)O)NC(=O)OCc1ccccc1. The summed E-state index contributed by atoms with van der Waals surface area (Å²) in [6, 6.07) is 8.55. The maximum atomic E-state index is 11.7. The van der Waals surface area contributed by atoms with Crippen molar-refractivity contribution in [3.8, 4) is 0 Å². The number of hydrogen-bond donors (Lipinski definition) is 2. The van der Waals surface area contributed by atoms with E-state index in [2.05, 4.69) is 5.32 Å². The van der Waals surface area contributed by atoms with Crippen molar-refractivity contribution in [1.82, 2.24) is 5.32 Å². The van der Waals surface area contributed by atoms with Crippen LogP contribution in [0, 0.1) is 0 Å². The molecule has 1 aromatic carbocycles. The lowest BCUT2D eigenvalue weighted by atomic mass is 10.2. The fourth-order valence-electron chi connectivity index (χ4n) is 1.66. The number of benzene rings is 1. The van der Waals surface area contributed by atoms with Crippen LogP contribution in [0.15, 0.2) is 30.3 Å². The largest absolute Gasteiger partial charge is 0.481 e. The average molecular weight is 311 g/mol. The van der Waals surface area contributed by atoms with Gasteiger partial charge in [-0.15, -0.1) is 0 Å². The standard InChI is InChI=1S/C15H21NO6/c1-20-7-8-21-11-13(9-14(17)18)16-15(19)22-10-12-5-3-2-4-6-12/h2-6,13H,7-11H2,1H3,(H,16,19)(H,17,18). The molecule has 0 saturated heterocycles. The van der Waals surface area contributed by atoms with Crippen LogP contribution in [-0.4, -0.2) is 50.1 Å². The van der Waals surface area contributed by atoms with Gasteiger partial charge in [0.1, 0.15) is 6.61 Å². The molecule has 0 aromatic heterocycles. The third-order valence-electron chi connectivity index (χ3n) is 2.71. The Morgan fingerprint density at radius 3 is 2.59 bits per heavy atom. The zero-order valence-corrected chi connectivity index (χ0v) is 12.5. The summed E-state index contributed by atoms with van der Waals surface area (Å²) >= 11 is 0. The minimum atomic E-state index is -1.02. The second-order valence-corrected chi connectivity index (χ2v) is 4.57. The Labute approximate surface area is 129 Å². The van der Waals surface area contributed by atoms with Gasteiger partial charge in [-0.25, -0.2) is 4.79 Å². The summed E-state index contributed by atoms with van der Waals surface area (Å²) in [5.41, 5.74) is 0.851. The molecule has 7 nitrogen and oxygen atoms in total. The molecule has 1 aromatic rings. The maximum absolute atomic E-state index is 11.7. The number of alkyl carbamates (subject to hydrolysis) is 1. The molecule has 0 saturated carbocycles. The monoisotopic (exact) mass is 311 g/mol. The van der Waals surface area contributed by atoms with E-state index in [9.17, 15) is 9.59 Å². The smallest absolute Gasteiger partial charge is 0.407 e. The number of aliphatic carboxylic acids is 1. The van der Waals surface area contributed by atoms with E-state index in [1.165, 1.54) is 7.11 Å². The molecule has 0 fully saturated rings. The van der Waals surface area contributed by atoms with Gasteiger partial charge in [-0.05, 0) is 5.56 Å². The molecule has 1 atom stereocenters. The van der Waals surface area contributed by atoms with Crippen LogP contribution in [-0.2, 0) is 25.6 Å². The first-order chi connectivity index (χ1) is 10.6. The molecule has 1 rings (SSSR count). The number of ether oxygens (including phenoxy) is 3. The molecule has 0 aliphatic rings. The molecule has 0 heterocycles. The van der Waals surface area contributed by atoms with E-state index in [0.29, 0.717) is 13.2 Å². The number of nitrogens with one attached hydrogen (secondary N) is 1.